The van der Waals surface area contributed by atoms with E-state index < -0.39 is 12.6 Å². The molecule has 2 N–H and O–H groups in total. The first-order valence-corrected chi connectivity index (χ1v) is 9.87. The zero-order valence-electron chi connectivity index (χ0n) is 16.5. The van der Waals surface area contributed by atoms with Gasteiger partial charge in [0, 0.05) is 29.8 Å². The molecule has 7 nitrogen and oxygen atoms in total. The molecule has 29 heavy (non-hydrogen) atoms. The van der Waals surface area contributed by atoms with E-state index in [1.807, 2.05) is 31.2 Å². The van der Waals surface area contributed by atoms with Crippen LogP contribution in [0.15, 0.2) is 48.5 Å². The zero-order chi connectivity index (χ0) is 20.5. The van der Waals surface area contributed by atoms with E-state index in [0.29, 0.717) is 17.7 Å². The molecule has 0 saturated carbocycles. The predicted octanol–water partition coefficient (Wildman–Crippen LogP) is 3.88. The minimum Gasteiger partial charge on any atom is -0.396 e. The van der Waals surface area contributed by atoms with Crippen LogP contribution in [0, 0.1) is 6.92 Å². The number of carbonyl (C=O) groups is 1. The molecular formula is C22H27NO6. The molecule has 0 radical (unpaired) electrons. The summed E-state index contributed by atoms with van der Waals surface area (Å²) in [6, 6.07) is 14.5. The maximum absolute atomic E-state index is 12.2. The second-order valence-corrected chi connectivity index (χ2v) is 6.98. The van der Waals surface area contributed by atoms with Gasteiger partial charge in [0.1, 0.15) is 0 Å². The topological polar surface area (TPSA) is 86.3 Å². The first-order chi connectivity index (χ1) is 14.2. The van der Waals surface area contributed by atoms with Crippen LogP contribution in [-0.4, -0.2) is 24.2 Å². The largest absolute Gasteiger partial charge is 0.396 e. The first-order valence-electron chi connectivity index (χ1n) is 9.87. The third kappa shape index (κ3) is 6.35. The Morgan fingerprint density at radius 1 is 0.828 bits per heavy atom. The van der Waals surface area contributed by atoms with Gasteiger partial charge in [-0.15, -0.1) is 0 Å². The standard InChI is InChI=1S/C22H27NO6/c1-16-6-8-18(9-7-16)21-26-28-22(29-27-21)19-12-10-17(11-13-19)20(25)23-14-4-2-3-5-15-24/h6-13,21-22,24H,2-5,14-15H2,1H3,(H,23,25). The highest BCUT2D eigenvalue weighted by Gasteiger charge is 2.28. The van der Waals surface area contributed by atoms with Crippen LogP contribution in [0.4, 0.5) is 0 Å². The Labute approximate surface area is 170 Å². The van der Waals surface area contributed by atoms with Crippen molar-refractivity contribution in [1.82, 2.24) is 5.32 Å². The second kappa shape index (κ2) is 11.0. The molecule has 0 unspecified atom stereocenters. The molecule has 3 rings (SSSR count). The Kier molecular flexibility index (Phi) is 8.15. The number of hydrogen-bond acceptors (Lipinski definition) is 6. The van der Waals surface area contributed by atoms with Crippen molar-refractivity contribution in [2.75, 3.05) is 13.2 Å². The van der Waals surface area contributed by atoms with Gasteiger partial charge < -0.3 is 10.4 Å². The number of aliphatic hydroxyl groups is 1. The van der Waals surface area contributed by atoms with Crippen molar-refractivity contribution >= 4 is 5.91 Å². The highest BCUT2D eigenvalue weighted by atomic mass is 17.4. The molecule has 1 aliphatic heterocycles. The van der Waals surface area contributed by atoms with Crippen LogP contribution in [-0.2, 0) is 19.6 Å². The number of carbonyl (C=O) groups excluding carboxylic acids is 1. The maximum atomic E-state index is 12.2. The number of unbranched alkanes of at least 4 members (excludes halogenated alkanes) is 3. The van der Waals surface area contributed by atoms with E-state index in [-0.39, 0.29) is 12.5 Å². The summed E-state index contributed by atoms with van der Waals surface area (Å²) in [6.07, 6.45) is 2.07. The summed E-state index contributed by atoms with van der Waals surface area (Å²) in [6.45, 7) is 2.83. The summed E-state index contributed by atoms with van der Waals surface area (Å²) in [5.74, 6) is -0.129. The fraction of sp³-hybridized carbons (Fsp3) is 0.409. The van der Waals surface area contributed by atoms with Crippen LogP contribution < -0.4 is 5.32 Å². The summed E-state index contributed by atoms with van der Waals surface area (Å²) >= 11 is 0. The number of rotatable bonds is 9. The minimum absolute atomic E-state index is 0.129. The third-order valence-corrected chi connectivity index (χ3v) is 4.63. The molecular weight excluding hydrogens is 374 g/mol. The molecule has 1 amide bonds. The molecule has 2 aromatic rings. The SMILES string of the molecule is Cc1ccc(C2OOC(c3ccc(C(=O)NCCCCCCO)cc3)OO2)cc1. The van der Waals surface area contributed by atoms with Crippen molar-refractivity contribution in [2.24, 2.45) is 0 Å². The van der Waals surface area contributed by atoms with Gasteiger partial charge >= 0.3 is 0 Å². The van der Waals surface area contributed by atoms with Crippen molar-refractivity contribution in [3.8, 4) is 0 Å². The van der Waals surface area contributed by atoms with Crippen molar-refractivity contribution < 1.29 is 29.5 Å². The molecule has 0 aliphatic carbocycles. The van der Waals surface area contributed by atoms with E-state index >= 15 is 0 Å². The molecule has 1 fully saturated rings. The van der Waals surface area contributed by atoms with Crippen LogP contribution in [0.25, 0.3) is 0 Å². The van der Waals surface area contributed by atoms with E-state index in [9.17, 15) is 4.79 Å². The number of hydrogen-bond donors (Lipinski definition) is 2. The number of benzene rings is 2. The van der Waals surface area contributed by atoms with Crippen molar-refractivity contribution in [1.29, 1.82) is 0 Å². The van der Waals surface area contributed by atoms with Crippen LogP contribution in [0.2, 0.25) is 0 Å². The van der Waals surface area contributed by atoms with Crippen molar-refractivity contribution in [2.45, 2.75) is 45.2 Å². The van der Waals surface area contributed by atoms with Gasteiger partial charge in [-0.25, -0.2) is 0 Å². The lowest BCUT2D eigenvalue weighted by Crippen LogP contribution is -2.25. The van der Waals surface area contributed by atoms with Gasteiger partial charge in [0.15, 0.2) is 0 Å². The summed E-state index contributed by atoms with van der Waals surface area (Å²) in [4.78, 5) is 33.4. The third-order valence-electron chi connectivity index (χ3n) is 4.63. The monoisotopic (exact) mass is 401 g/mol. The molecule has 0 bridgehead atoms. The van der Waals surface area contributed by atoms with Crippen LogP contribution >= 0.6 is 0 Å². The molecule has 2 aromatic carbocycles. The highest BCUT2D eigenvalue weighted by molar-refractivity contribution is 5.94. The molecule has 0 atom stereocenters. The maximum Gasteiger partial charge on any atom is 0.251 e. The van der Waals surface area contributed by atoms with E-state index in [0.717, 1.165) is 36.8 Å². The molecule has 1 aliphatic rings. The molecule has 1 heterocycles. The van der Waals surface area contributed by atoms with Crippen molar-refractivity contribution in [3.63, 3.8) is 0 Å². The Hall–Kier alpha value is -2.29. The number of aryl methyl sites for hydroxylation is 1. The normalized spacial score (nSPS) is 19.1. The van der Waals surface area contributed by atoms with E-state index in [1.165, 1.54) is 0 Å². The second-order valence-electron chi connectivity index (χ2n) is 6.98. The lowest BCUT2D eigenvalue weighted by atomic mass is 10.1. The number of nitrogens with one attached hydrogen (secondary N) is 1. The number of aliphatic hydroxyl groups excluding tert-OH is 1. The van der Waals surface area contributed by atoms with Crippen molar-refractivity contribution in [3.05, 3.63) is 70.8 Å². The molecule has 7 heteroatoms. The Morgan fingerprint density at radius 3 is 1.90 bits per heavy atom. The summed E-state index contributed by atoms with van der Waals surface area (Å²) < 4.78 is 0. The van der Waals surface area contributed by atoms with Gasteiger partial charge in [0.25, 0.3) is 5.91 Å². The average Bonchev–Trinajstić information content (AvgIpc) is 2.77. The summed E-state index contributed by atoms with van der Waals surface area (Å²) in [5, 5.41) is 11.6. The molecule has 0 aromatic heterocycles. The Balaban J connectivity index is 1.44. The lowest BCUT2D eigenvalue weighted by Gasteiger charge is -2.27. The van der Waals surface area contributed by atoms with Crippen LogP contribution in [0.3, 0.4) is 0 Å². The quantitative estimate of drug-likeness (QED) is 0.490. The van der Waals surface area contributed by atoms with E-state index in [4.69, 9.17) is 24.7 Å². The van der Waals surface area contributed by atoms with Gasteiger partial charge in [-0.1, -0.05) is 54.8 Å². The lowest BCUT2D eigenvalue weighted by molar-refractivity contribution is -0.600. The molecule has 156 valence electrons. The van der Waals surface area contributed by atoms with E-state index in [1.54, 1.807) is 24.3 Å². The van der Waals surface area contributed by atoms with Crippen LogP contribution in [0.1, 0.15) is 65.3 Å². The Morgan fingerprint density at radius 2 is 1.34 bits per heavy atom. The minimum atomic E-state index is -0.833. The first kappa shape index (κ1) is 21.4. The summed E-state index contributed by atoms with van der Waals surface area (Å²) in [7, 11) is 0. The molecule has 1 saturated heterocycles. The highest BCUT2D eigenvalue weighted by Crippen LogP contribution is 2.32. The smallest absolute Gasteiger partial charge is 0.251 e. The zero-order valence-corrected chi connectivity index (χ0v) is 16.5. The van der Waals surface area contributed by atoms with Gasteiger partial charge in [0.2, 0.25) is 12.6 Å². The fourth-order valence-electron chi connectivity index (χ4n) is 2.87. The Bertz CT molecular complexity index is 754. The van der Waals surface area contributed by atoms with Crippen LogP contribution in [0.5, 0.6) is 0 Å². The summed E-state index contributed by atoms with van der Waals surface area (Å²) in [5.41, 5.74) is 3.15. The van der Waals surface area contributed by atoms with E-state index in [2.05, 4.69) is 5.32 Å². The fourth-order valence-corrected chi connectivity index (χ4v) is 2.87. The van der Waals surface area contributed by atoms with Gasteiger partial charge in [-0.2, -0.15) is 19.6 Å². The molecule has 0 spiro atoms. The number of amides is 1. The van der Waals surface area contributed by atoms with Gasteiger partial charge in [-0.3, -0.25) is 4.79 Å². The predicted molar refractivity (Wildman–Crippen MR) is 105 cm³/mol. The van der Waals surface area contributed by atoms with Gasteiger partial charge in [0.05, 0.1) is 0 Å². The van der Waals surface area contributed by atoms with Gasteiger partial charge in [-0.05, 0) is 31.9 Å². The average molecular weight is 401 g/mol.